The highest BCUT2D eigenvalue weighted by molar-refractivity contribution is 5.23. The van der Waals surface area contributed by atoms with E-state index in [9.17, 15) is 8.78 Å². The lowest BCUT2D eigenvalue weighted by molar-refractivity contribution is 0.390. The second-order valence-electron chi connectivity index (χ2n) is 4.86. The van der Waals surface area contributed by atoms with Gasteiger partial charge in [0.1, 0.15) is 11.6 Å². The molecule has 1 aliphatic carbocycles. The summed E-state index contributed by atoms with van der Waals surface area (Å²) in [6.07, 6.45) is 5.71. The van der Waals surface area contributed by atoms with Gasteiger partial charge in [-0.2, -0.15) is 0 Å². The molecule has 0 spiro atoms. The van der Waals surface area contributed by atoms with E-state index >= 15 is 0 Å². The summed E-state index contributed by atoms with van der Waals surface area (Å²) in [5.41, 5.74) is 0.196. The van der Waals surface area contributed by atoms with E-state index in [1.54, 1.807) is 7.05 Å². The molecular formula is C14H19F2N. The van der Waals surface area contributed by atoms with Gasteiger partial charge in [0.2, 0.25) is 0 Å². The lowest BCUT2D eigenvalue weighted by atomic mass is 9.93. The summed E-state index contributed by atoms with van der Waals surface area (Å²) >= 11 is 0. The average molecular weight is 239 g/mol. The summed E-state index contributed by atoms with van der Waals surface area (Å²) in [6.45, 7) is 0. The number of halogens is 2. The van der Waals surface area contributed by atoms with E-state index in [0.29, 0.717) is 5.92 Å². The molecule has 1 aromatic carbocycles. The molecule has 0 amide bonds. The molecule has 0 radical (unpaired) electrons. The maximum Gasteiger partial charge on any atom is 0.130 e. The minimum Gasteiger partial charge on any atom is -0.313 e. The summed E-state index contributed by atoms with van der Waals surface area (Å²) in [5.74, 6) is -0.281. The molecule has 2 rings (SSSR count). The minimum absolute atomic E-state index is 0.196. The van der Waals surface area contributed by atoms with Crippen LogP contribution >= 0.6 is 0 Å². The van der Waals surface area contributed by atoms with Crippen LogP contribution in [0.1, 0.15) is 43.7 Å². The van der Waals surface area contributed by atoms with Crippen LogP contribution in [-0.2, 0) is 0 Å². The highest BCUT2D eigenvalue weighted by Gasteiger charge is 2.24. The first kappa shape index (κ1) is 12.5. The van der Waals surface area contributed by atoms with E-state index < -0.39 is 11.6 Å². The molecule has 1 unspecified atom stereocenters. The molecule has 0 aromatic heterocycles. The van der Waals surface area contributed by atoms with Crippen molar-refractivity contribution in [1.82, 2.24) is 5.32 Å². The standard InChI is InChI=1S/C14H19F2N/c1-17-13(9-10-5-2-3-6-10)14-11(15)7-4-8-12(14)16/h4,7-8,10,13,17H,2-3,5-6,9H2,1H3. The zero-order valence-electron chi connectivity index (χ0n) is 10.2. The third-order valence-electron chi connectivity index (χ3n) is 3.74. The molecule has 94 valence electrons. The van der Waals surface area contributed by atoms with Gasteiger partial charge in [-0.25, -0.2) is 8.78 Å². The van der Waals surface area contributed by atoms with E-state index in [1.165, 1.54) is 43.9 Å². The normalized spacial score (nSPS) is 18.5. The monoisotopic (exact) mass is 239 g/mol. The maximum atomic E-state index is 13.7. The van der Waals surface area contributed by atoms with E-state index in [1.807, 2.05) is 0 Å². The van der Waals surface area contributed by atoms with Crippen molar-refractivity contribution < 1.29 is 8.78 Å². The van der Waals surface area contributed by atoms with E-state index in [2.05, 4.69) is 5.32 Å². The van der Waals surface area contributed by atoms with E-state index in [4.69, 9.17) is 0 Å². The van der Waals surface area contributed by atoms with Gasteiger partial charge in [-0.3, -0.25) is 0 Å². The third kappa shape index (κ3) is 2.83. The van der Waals surface area contributed by atoms with Crippen molar-refractivity contribution >= 4 is 0 Å². The van der Waals surface area contributed by atoms with Crippen LogP contribution in [0, 0.1) is 17.6 Å². The van der Waals surface area contributed by atoms with Crippen LogP contribution in [0.25, 0.3) is 0 Å². The highest BCUT2D eigenvalue weighted by atomic mass is 19.1. The van der Waals surface area contributed by atoms with Crippen LogP contribution in [0.5, 0.6) is 0 Å². The fourth-order valence-electron chi connectivity index (χ4n) is 2.80. The zero-order valence-corrected chi connectivity index (χ0v) is 10.2. The van der Waals surface area contributed by atoms with Crippen LogP contribution in [0.2, 0.25) is 0 Å². The fraction of sp³-hybridized carbons (Fsp3) is 0.571. The fourth-order valence-corrected chi connectivity index (χ4v) is 2.80. The Balaban J connectivity index is 2.16. The van der Waals surface area contributed by atoms with Gasteiger partial charge in [0.15, 0.2) is 0 Å². The Morgan fingerprint density at radius 3 is 2.35 bits per heavy atom. The Labute approximate surface area is 101 Å². The molecule has 1 aromatic rings. The first-order valence-corrected chi connectivity index (χ1v) is 6.33. The molecule has 1 fully saturated rings. The molecule has 17 heavy (non-hydrogen) atoms. The van der Waals surface area contributed by atoms with Gasteiger partial charge in [-0.15, -0.1) is 0 Å². The summed E-state index contributed by atoms with van der Waals surface area (Å²) in [5, 5.41) is 3.05. The van der Waals surface area contributed by atoms with Gasteiger partial charge < -0.3 is 5.32 Å². The van der Waals surface area contributed by atoms with Crippen LogP contribution in [0.3, 0.4) is 0 Å². The summed E-state index contributed by atoms with van der Waals surface area (Å²) in [7, 11) is 1.77. The second kappa shape index (κ2) is 5.58. The highest BCUT2D eigenvalue weighted by Crippen LogP contribution is 2.34. The smallest absolute Gasteiger partial charge is 0.130 e. The molecule has 1 atom stereocenters. The van der Waals surface area contributed by atoms with Gasteiger partial charge in [0.05, 0.1) is 0 Å². The Morgan fingerprint density at radius 1 is 1.24 bits per heavy atom. The average Bonchev–Trinajstić information content (AvgIpc) is 2.80. The van der Waals surface area contributed by atoms with Crippen molar-refractivity contribution in [2.45, 2.75) is 38.1 Å². The Morgan fingerprint density at radius 2 is 1.82 bits per heavy atom. The first-order valence-electron chi connectivity index (χ1n) is 6.33. The lowest BCUT2D eigenvalue weighted by Crippen LogP contribution is -2.21. The predicted octanol–water partition coefficient (Wildman–Crippen LogP) is 3.81. The van der Waals surface area contributed by atoms with Crippen molar-refractivity contribution in [3.63, 3.8) is 0 Å². The van der Waals surface area contributed by atoms with Crippen molar-refractivity contribution in [3.8, 4) is 0 Å². The molecule has 1 nitrogen and oxygen atoms in total. The van der Waals surface area contributed by atoms with E-state index in [-0.39, 0.29) is 11.6 Å². The third-order valence-corrected chi connectivity index (χ3v) is 3.74. The molecule has 0 heterocycles. The van der Waals surface area contributed by atoms with E-state index in [0.717, 1.165) is 6.42 Å². The van der Waals surface area contributed by atoms with Crippen LogP contribution in [0.15, 0.2) is 18.2 Å². The molecule has 0 saturated heterocycles. The Hall–Kier alpha value is -0.960. The molecule has 3 heteroatoms. The van der Waals surface area contributed by atoms with Gasteiger partial charge in [-0.05, 0) is 31.5 Å². The maximum absolute atomic E-state index is 13.7. The zero-order chi connectivity index (χ0) is 12.3. The Bertz CT molecular complexity index is 352. The topological polar surface area (TPSA) is 12.0 Å². The van der Waals surface area contributed by atoms with Crippen molar-refractivity contribution in [2.75, 3.05) is 7.05 Å². The van der Waals surface area contributed by atoms with Gasteiger partial charge in [-0.1, -0.05) is 31.7 Å². The Kier molecular flexibility index (Phi) is 4.11. The lowest BCUT2D eigenvalue weighted by Gasteiger charge is -2.21. The molecule has 0 bridgehead atoms. The quantitative estimate of drug-likeness (QED) is 0.842. The van der Waals surface area contributed by atoms with Gasteiger partial charge in [0, 0.05) is 11.6 Å². The molecule has 1 saturated carbocycles. The number of rotatable bonds is 4. The predicted molar refractivity (Wildman–Crippen MR) is 64.7 cm³/mol. The van der Waals surface area contributed by atoms with Gasteiger partial charge >= 0.3 is 0 Å². The SMILES string of the molecule is CNC(CC1CCCC1)c1c(F)cccc1F. The summed E-state index contributed by atoms with van der Waals surface area (Å²) in [6, 6.07) is 3.87. The number of benzene rings is 1. The molecule has 1 N–H and O–H groups in total. The van der Waals surface area contributed by atoms with Crippen molar-refractivity contribution in [3.05, 3.63) is 35.4 Å². The first-order chi connectivity index (χ1) is 8.22. The molecule has 1 aliphatic rings. The minimum atomic E-state index is -0.442. The van der Waals surface area contributed by atoms with Crippen LogP contribution in [0.4, 0.5) is 8.78 Å². The largest absolute Gasteiger partial charge is 0.313 e. The second-order valence-corrected chi connectivity index (χ2v) is 4.86. The molecule has 0 aliphatic heterocycles. The number of hydrogen-bond acceptors (Lipinski definition) is 1. The summed E-state index contributed by atoms with van der Waals surface area (Å²) in [4.78, 5) is 0. The summed E-state index contributed by atoms with van der Waals surface area (Å²) < 4.78 is 27.4. The van der Waals surface area contributed by atoms with Crippen LogP contribution in [-0.4, -0.2) is 7.05 Å². The number of hydrogen-bond donors (Lipinski definition) is 1. The van der Waals surface area contributed by atoms with Gasteiger partial charge in [0.25, 0.3) is 0 Å². The van der Waals surface area contributed by atoms with Crippen molar-refractivity contribution in [2.24, 2.45) is 5.92 Å². The van der Waals surface area contributed by atoms with Crippen LogP contribution < -0.4 is 5.32 Å². The molecular weight excluding hydrogens is 220 g/mol. The van der Waals surface area contributed by atoms with Crippen molar-refractivity contribution in [1.29, 1.82) is 0 Å². The number of nitrogens with one attached hydrogen (secondary N) is 1.